The number of hydrogen-bond acceptors (Lipinski definition) is 4. The highest BCUT2D eigenvalue weighted by molar-refractivity contribution is 6.23. The molecular weight excluding hydrogens is 360 g/mol. The summed E-state index contributed by atoms with van der Waals surface area (Å²) in [5, 5.41) is 11.9. The number of Topliss-reactive ketones (excluding diaryl/α,β-unsaturated/α-hetero) is 1. The van der Waals surface area contributed by atoms with Crippen molar-refractivity contribution < 1.29 is 33.0 Å². The fourth-order valence-corrected chi connectivity index (χ4v) is 3.24. The van der Waals surface area contributed by atoms with Gasteiger partial charge in [0, 0.05) is 13.0 Å². The summed E-state index contributed by atoms with van der Waals surface area (Å²) in [7, 11) is 0. The largest absolute Gasteiger partial charge is 0.500 e. The Bertz CT molecular complexity index is 791. The minimum Gasteiger partial charge on any atom is -0.500 e. The number of ketones is 1. The van der Waals surface area contributed by atoms with E-state index in [9.17, 15) is 23.2 Å². The molecule has 6 nitrogen and oxygen atoms in total. The second-order valence-electron chi connectivity index (χ2n) is 6.38. The fourth-order valence-electron chi connectivity index (χ4n) is 3.24. The number of carbonyl (C=O) groups is 3. The van der Waals surface area contributed by atoms with Gasteiger partial charge in [-0.15, -0.1) is 0 Å². The maximum atomic E-state index is 14.5. The predicted molar refractivity (Wildman–Crippen MR) is 92.2 cm³/mol. The maximum absolute atomic E-state index is 14.5. The number of ether oxygens (including phenoxy) is 1. The van der Waals surface area contributed by atoms with Crippen LogP contribution in [0.2, 0.25) is 0 Å². The lowest BCUT2D eigenvalue weighted by atomic mass is 9.93. The Morgan fingerprint density at radius 3 is 2.56 bits per heavy atom. The van der Waals surface area contributed by atoms with E-state index in [0.717, 1.165) is 18.4 Å². The molecule has 8 heteroatoms. The molecule has 0 bridgehead atoms. The summed E-state index contributed by atoms with van der Waals surface area (Å²) in [5.41, 5.74) is -1.34. The van der Waals surface area contributed by atoms with Crippen molar-refractivity contribution >= 4 is 17.7 Å². The van der Waals surface area contributed by atoms with Crippen LogP contribution in [-0.2, 0) is 14.3 Å². The first-order valence-electron chi connectivity index (χ1n) is 8.60. The quantitative estimate of drug-likeness (QED) is 0.249. The monoisotopic (exact) mass is 381 g/mol. The maximum Gasteiger partial charge on any atom is 0.342 e. The molecule has 0 saturated heterocycles. The van der Waals surface area contributed by atoms with Gasteiger partial charge in [-0.1, -0.05) is 0 Å². The van der Waals surface area contributed by atoms with E-state index < -0.39 is 34.5 Å². The fraction of sp³-hybridized carbons (Fsp3) is 0.421. The number of rotatable bonds is 7. The van der Waals surface area contributed by atoms with Crippen molar-refractivity contribution in [1.82, 2.24) is 5.32 Å². The minimum atomic E-state index is -1.59. The standard InChI is InChI=1S/C19H21F2NO5/c1-3-27-9-15(19(25)26)18(24)14-8-16(20)13(7-17(14)21)11-4-5-12(6-11)22-10(2)23/h7-9,11-12H,3-6H2,1-2H3,(H,22,23)(H,25,26)/b15-9+. The summed E-state index contributed by atoms with van der Waals surface area (Å²) in [6.45, 7) is 3.10. The Morgan fingerprint density at radius 2 is 1.96 bits per heavy atom. The van der Waals surface area contributed by atoms with E-state index in [1.807, 2.05) is 0 Å². The second kappa shape index (κ2) is 8.75. The molecule has 1 aromatic rings. The zero-order chi connectivity index (χ0) is 20.1. The third kappa shape index (κ3) is 4.90. The van der Waals surface area contributed by atoms with Gasteiger partial charge in [-0.25, -0.2) is 13.6 Å². The highest BCUT2D eigenvalue weighted by Crippen LogP contribution is 2.36. The van der Waals surface area contributed by atoms with Crippen LogP contribution >= 0.6 is 0 Å². The second-order valence-corrected chi connectivity index (χ2v) is 6.38. The van der Waals surface area contributed by atoms with Gasteiger partial charge in [0.2, 0.25) is 11.7 Å². The summed E-state index contributed by atoms with van der Waals surface area (Å²) < 4.78 is 33.8. The van der Waals surface area contributed by atoms with E-state index in [1.54, 1.807) is 6.92 Å². The normalized spacial score (nSPS) is 19.6. The summed E-state index contributed by atoms with van der Waals surface area (Å²) in [4.78, 5) is 34.6. The Hall–Kier alpha value is -2.77. The van der Waals surface area contributed by atoms with Crippen molar-refractivity contribution in [2.24, 2.45) is 0 Å². The molecule has 0 heterocycles. The summed E-state index contributed by atoms with van der Waals surface area (Å²) in [5.74, 6) is -5.01. The van der Waals surface area contributed by atoms with Crippen LogP contribution in [0.5, 0.6) is 0 Å². The van der Waals surface area contributed by atoms with E-state index in [4.69, 9.17) is 9.84 Å². The zero-order valence-corrected chi connectivity index (χ0v) is 15.1. The smallest absolute Gasteiger partial charge is 0.342 e. The van der Waals surface area contributed by atoms with Crippen LogP contribution < -0.4 is 5.32 Å². The molecular formula is C19H21F2NO5. The number of benzene rings is 1. The third-order valence-corrected chi connectivity index (χ3v) is 4.45. The average molecular weight is 381 g/mol. The lowest BCUT2D eigenvalue weighted by Gasteiger charge is -2.14. The molecule has 146 valence electrons. The number of halogens is 2. The van der Waals surface area contributed by atoms with Crippen molar-refractivity contribution in [2.75, 3.05) is 6.61 Å². The van der Waals surface area contributed by atoms with Crippen LogP contribution in [0.4, 0.5) is 8.78 Å². The van der Waals surface area contributed by atoms with Crippen LogP contribution in [0, 0.1) is 11.6 Å². The van der Waals surface area contributed by atoms with Crippen molar-refractivity contribution in [3.05, 3.63) is 46.7 Å². The van der Waals surface area contributed by atoms with Gasteiger partial charge < -0.3 is 15.2 Å². The third-order valence-electron chi connectivity index (χ3n) is 4.45. The van der Waals surface area contributed by atoms with Crippen LogP contribution in [-0.4, -0.2) is 35.4 Å². The summed E-state index contributed by atoms with van der Waals surface area (Å²) >= 11 is 0. The Kier molecular flexibility index (Phi) is 6.65. The average Bonchev–Trinajstić information content (AvgIpc) is 3.03. The molecule has 1 saturated carbocycles. The SMILES string of the molecule is CCO/C=C(/C(=O)O)C(=O)c1cc(F)c(C2CCC(NC(C)=O)C2)cc1F. The van der Waals surface area contributed by atoms with Crippen molar-refractivity contribution in [3.63, 3.8) is 0 Å². The van der Waals surface area contributed by atoms with Crippen molar-refractivity contribution in [3.8, 4) is 0 Å². The molecule has 1 aliphatic rings. The molecule has 0 aliphatic heterocycles. The Labute approximate surface area is 155 Å². The van der Waals surface area contributed by atoms with Crippen LogP contribution in [0.3, 0.4) is 0 Å². The number of carboxylic acid groups (broad SMARTS) is 1. The number of amides is 1. The summed E-state index contributed by atoms with van der Waals surface area (Å²) in [6, 6.07) is 1.55. The van der Waals surface area contributed by atoms with Gasteiger partial charge in [0.25, 0.3) is 0 Å². The first-order chi connectivity index (χ1) is 12.7. The molecule has 0 spiro atoms. The lowest BCUT2D eigenvalue weighted by molar-refractivity contribution is -0.132. The van der Waals surface area contributed by atoms with Gasteiger partial charge >= 0.3 is 5.97 Å². The molecule has 2 rings (SSSR count). The van der Waals surface area contributed by atoms with Gasteiger partial charge in [-0.05, 0) is 49.8 Å². The number of carbonyl (C=O) groups excluding carboxylic acids is 2. The topological polar surface area (TPSA) is 92.7 Å². The molecule has 0 aromatic heterocycles. The van der Waals surface area contributed by atoms with E-state index in [0.29, 0.717) is 19.3 Å². The molecule has 1 fully saturated rings. The van der Waals surface area contributed by atoms with Crippen LogP contribution in [0.25, 0.3) is 0 Å². The molecule has 0 radical (unpaired) electrons. The van der Waals surface area contributed by atoms with Gasteiger partial charge in [0.15, 0.2) is 0 Å². The number of aliphatic carboxylic acids is 1. The Morgan fingerprint density at radius 1 is 1.26 bits per heavy atom. The van der Waals surface area contributed by atoms with Gasteiger partial charge in [-0.2, -0.15) is 0 Å². The lowest BCUT2D eigenvalue weighted by Crippen LogP contribution is -2.30. The highest BCUT2D eigenvalue weighted by Gasteiger charge is 2.30. The molecule has 1 amide bonds. The molecule has 1 aliphatic carbocycles. The molecule has 27 heavy (non-hydrogen) atoms. The number of hydrogen-bond donors (Lipinski definition) is 2. The van der Waals surface area contributed by atoms with Gasteiger partial charge in [-0.3, -0.25) is 9.59 Å². The van der Waals surface area contributed by atoms with Crippen LogP contribution in [0.15, 0.2) is 24.0 Å². The highest BCUT2D eigenvalue weighted by atomic mass is 19.1. The summed E-state index contributed by atoms with van der Waals surface area (Å²) in [6.07, 6.45) is 2.41. The Balaban J connectivity index is 2.28. The van der Waals surface area contributed by atoms with E-state index in [1.165, 1.54) is 6.92 Å². The molecule has 2 N–H and O–H groups in total. The van der Waals surface area contributed by atoms with Crippen molar-refractivity contribution in [1.29, 1.82) is 0 Å². The molecule has 1 aromatic carbocycles. The number of carboxylic acids is 1. The van der Waals surface area contributed by atoms with Crippen LogP contribution in [0.1, 0.15) is 54.9 Å². The first kappa shape index (κ1) is 20.5. The minimum absolute atomic E-state index is 0.107. The van der Waals surface area contributed by atoms with E-state index in [-0.39, 0.29) is 30.0 Å². The first-order valence-corrected chi connectivity index (χ1v) is 8.60. The molecule has 2 unspecified atom stereocenters. The van der Waals surface area contributed by atoms with E-state index >= 15 is 0 Å². The number of nitrogens with one attached hydrogen (secondary N) is 1. The zero-order valence-electron chi connectivity index (χ0n) is 15.1. The predicted octanol–water partition coefficient (Wildman–Crippen LogP) is 2.92. The van der Waals surface area contributed by atoms with Gasteiger partial charge in [0.05, 0.1) is 12.2 Å². The van der Waals surface area contributed by atoms with Crippen molar-refractivity contribution in [2.45, 2.75) is 45.1 Å². The van der Waals surface area contributed by atoms with E-state index in [2.05, 4.69) is 5.32 Å². The molecule has 2 atom stereocenters. The van der Waals surface area contributed by atoms with Gasteiger partial charge in [0.1, 0.15) is 23.5 Å².